The number of carbonyl (C=O) groups excluding carboxylic acids is 4. The second kappa shape index (κ2) is 10.4. The zero-order chi connectivity index (χ0) is 25.9. The third kappa shape index (κ3) is 5.41. The van der Waals surface area contributed by atoms with Gasteiger partial charge in [-0.2, -0.15) is 0 Å². The average Bonchev–Trinajstić information content (AvgIpc) is 3.24. The van der Waals surface area contributed by atoms with E-state index < -0.39 is 47.4 Å². The number of ether oxygens (including phenoxy) is 2. The molecule has 186 valence electrons. The second-order valence-electron chi connectivity index (χ2n) is 8.26. The van der Waals surface area contributed by atoms with Gasteiger partial charge in [0.1, 0.15) is 29.9 Å². The first kappa shape index (κ1) is 26.0. The Kier molecular flexibility index (Phi) is 7.71. The Morgan fingerprint density at radius 2 is 2.09 bits per heavy atom. The van der Waals surface area contributed by atoms with Gasteiger partial charge in [0.2, 0.25) is 6.79 Å². The van der Waals surface area contributed by atoms with Gasteiger partial charge in [-0.25, -0.2) is 9.78 Å². The van der Waals surface area contributed by atoms with Gasteiger partial charge >= 0.3 is 11.9 Å². The highest BCUT2D eigenvalue weighted by Crippen LogP contribution is 2.40. The van der Waals surface area contributed by atoms with Crippen molar-refractivity contribution in [3.63, 3.8) is 0 Å². The fourth-order valence-electron chi connectivity index (χ4n) is 3.04. The molecule has 1 aromatic heterocycles. The zero-order valence-corrected chi connectivity index (χ0v) is 20.9. The van der Waals surface area contributed by atoms with Crippen LogP contribution in [0.5, 0.6) is 0 Å². The predicted octanol–water partition coefficient (Wildman–Crippen LogP) is 0.453. The van der Waals surface area contributed by atoms with E-state index in [2.05, 4.69) is 21.4 Å². The Morgan fingerprint density at radius 3 is 2.66 bits per heavy atom. The van der Waals surface area contributed by atoms with E-state index in [-0.39, 0.29) is 33.6 Å². The highest BCUT2D eigenvalue weighted by Gasteiger charge is 2.54. The number of nitrogens with zero attached hydrogens (tertiary/aromatic N) is 3. The number of fused-ring (bicyclic) bond motifs is 1. The second-order valence-corrected chi connectivity index (χ2v) is 10.3. The maximum atomic E-state index is 12.9. The Hall–Kier alpha value is -3.57. The van der Waals surface area contributed by atoms with Crippen molar-refractivity contribution in [2.75, 3.05) is 25.4 Å². The van der Waals surface area contributed by atoms with Crippen molar-refractivity contribution in [3.8, 4) is 12.3 Å². The molecule has 0 aromatic carbocycles. The van der Waals surface area contributed by atoms with Crippen molar-refractivity contribution in [2.24, 2.45) is 10.6 Å². The minimum absolute atomic E-state index is 0.128. The quantitative estimate of drug-likeness (QED) is 0.129. The molecule has 0 bridgehead atoms. The average molecular weight is 522 g/mol. The molecule has 0 spiro atoms. The van der Waals surface area contributed by atoms with Gasteiger partial charge in [0.05, 0.1) is 5.41 Å². The van der Waals surface area contributed by atoms with Crippen molar-refractivity contribution < 1.29 is 33.5 Å². The molecular formula is C21H23N5O7S2. The number of hydrogen-bond acceptors (Lipinski definition) is 12. The number of carbonyl (C=O) groups is 4. The number of hydrogen-bond donors (Lipinski definition) is 2. The van der Waals surface area contributed by atoms with E-state index in [4.69, 9.17) is 26.5 Å². The lowest BCUT2D eigenvalue weighted by molar-refractivity contribution is -0.173. The van der Waals surface area contributed by atoms with Gasteiger partial charge < -0.3 is 25.4 Å². The van der Waals surface area contributed by atoms with Crippen LogP contribution in [0.15, 0.2) is 21.8 Å². The van der Waals surface area contributed by atoms with Gasteiger partial charge in [0.25, 0.3) is 11.8 Å². The van der Waals surface area contributed by atoms with Crippen LogP contribution in [0, 0.1) is 17.8 Å². The molecule has 1 aromatic rings. The molecular weight excluding hydrogens is 498 g/mol. The van der Waals surface area contributed by atoms with Gasteiger partial charge in [-0.1, -0.05) is 11.1 Å². The van der Waals surface area contributed by atoms with E-state index in [0.29, 0.717) is 0 Å². The van der Waals surface area contributed by atoms with Crippen LogP contribution in [0.3, 0.4) is 0 Å². The molecule has 0 radical (unpaired) electrons. The largest absolute Gasteiger partial charge is 0.427 e. The standard InChI is InChI=1S/C21H23N5O7S2/c1-6-10-7-34-17-13(24-15(27)12(25-31-5)11-8-35-20(22)23-11)16(28)26(17)14(10)18(29)32-9-33-19(30)21(2,3)4/h1,8,13,17H,7,9H2,2-5H3,(H2,22,23)(H,24,27)/t13?,17-/m1/s1. The lowest BCUT2D eigenvalue weighted by atomic mass is 9.98. The van der Waals surface area contributed by atoms with Gasteiger partial charge in [-0.15, -0.1) is 29.5 Å². The fraction of sp³-hybridized carbons (Fsp3) is 0.429. The molecule has 3 N–H and O–H groups in total. The van der Waals surface area contributed by atoms with Crippen LogP contribution >= 0.6 is 23.1 Å². The summed E-state index contributed by atoms with van der Waals surface area (Å²) in [4.78, 5) is 60.3. The number of amides is 2. The molecule has 3 heterocycles. The number of nitrogens with two attached hydrogens (primary N) is 1. The molecule has 1 saturated heterocycles. The van der Waals surface area contributed by atoms with Gasteiger partial charge in [0.15, 0.2) is 10.8 Å². The minimum Gasteiger partial charge on any atom is -0.427 e. The molecule has 35 heavy (non-hydrogen) atoms. The molecule has 2 aliphatic heterocycles. The maximum absolute atomic E-state index is 12.9. The van der Waals surface area contributed by atoms with Crippen LogP contribution in [-0.4, -0.2) is 70.4 Å². The van der Waals surface area contributed by atoms with Gasteiger partial charge in [0, 0.05) is 16.7 Å². The number of nitrogen functional groups attached to an aromatic ring is 1. The number of nitrogens with one attached hydrogen (secondary N) is 1. The number of β-lactam (4-membered cyclic amide) rings is 1. The summed E-state index contributed by atoms with van der Waals surface area (Å²) >= 11 is 2.38. The first-order valence-corrected chi connectivity index (χ1v) is 12.0. The summed E-state index contributed by atoms with van der Waals surface area (Å²) < 4.78 is 10.00. The fourth-order valence-corrected chi connectivity index (χ4v) is 4.88. The van der Waals surface area contributed by atoms with Crippen LogP contribution in [0.1, 0.15) is 26.5 Å². The van der Waals surface area contributed by atoms with Gasteiger partial charge in [-0.3, -0.25) is 19.3 Å². The number of anilines is 1. The van der Waals surface area contributed by atoms with Crippen LogP contribution < -0.4 is 11.1 Å². The number of thioether (sulfide) groups is 1. The number of aromatic nitrogens is 1. The zero-order valence-electron chi connectivity index (χ0n) is 19.3. The molecule has 1 fully saturated rings. The molecule has 0 saturated carbocycles. The van der Waals surface area contributed by atoms with E-state index in [1.165, 1.54) is 24.3 Å². The van der Waals surface area contributed by atoms with Crippen LogP contribution in [0.4, 0.5) is 5.13 Å². The number of thiazole rings is 1. The molecule has 0 aliphatic carbocycles. The smallest absolute Gasteiger partial charge is 0.358 e. The molecule has 2 atom stereocenters. The number of terminal acetylenes is 1. The minimum atomic E-state index is -0.966. The Labute approximate surface area is 209 Å². The summed E-state index contributed by atoms with van der Waals surface area (Å²) in [6.07, 6.45) is 5.53. The SMILES string of the molecule is C#CC1=C(C(=O)OCOC(=O)C(C)(C)C)N2C(=O)C(NC(=O)C(=NOC)c3csc(N)n3)[C@H]2SC1. The first-order valence-electron chi connectivity index (χ1n) is 10.1. The summed E-state index contributed by atoms with van der Waals surface area (Å²) in [5.74, 6) is -0.138. The molecule has 12 nitrogen and oxygen atoms in total. The third-order valence-electron chi connectivity index (χ3n) is 4.78. The predicted molar refractivity (Wildman–Crippen MR) is 127 cm³/mol. The van der Waals surface area contributed by atoms with Crippen molar-refractivity contribution in [1.82, 2.24) is 15.2 Å². The highest BCUT2D eigenvalue weighted by molar-refractivity contribution is 8.00. The maximum Gasteiger partial charge on any atom is 0.358 e. The molecule has 14 heteroatoms. The Morgan fingerprint density at radius 1 is 1.37 bits per heavy atom. The third-order valence-corrected chi connectivity index (χ3v) is 6.73. The molecule has 3 rings (SSSR count). The topological polar surface area (TPSA) is 163 Å². The molecule has 2 amide bonds. The highest BCUT2D eigenvalue weighted by atomic mass is 32.2. The summed E-state index contributed by atoms with van der Waals surface area (Å²) in [5.41, 5.74) is 4.99. The molecule has 1 unspecified atom stereocenters. The number of oxime groups is 1. The van der Waals surface area contributed by atoms with Crippen molar-refractivity contribution >= 4 is 57.7 Å². The summed E-state index contributed by atoms with van der Waals surface area (Å²) in [7, 11) is 1.26. The Balaban J connectivity index is 1.71. The van der Waals surface area contributed by atoms with E-state index >= 15 is 0 Å². The summed E-state index contributed by atoms with van der Waals surface area (Å²) in [6, 6.07) is -0.966. The lowest BCUT2D eigenvalue weighted by Gasteiger charge is -2.49. The lowest BCUT2D eigenvalue weighted by Crippen LogP contribution is -2.71. The van der Waals surface area contributed by atoms with Crippen molar-refractivity contribution in [2.45, 2.75) is 32.2 Å². The summed E-state index contributed by atoms with van der Waals surface area (Å²) in [6.45, 7) is 4.32. The van der Waals surface area contributed by atoms with Crippen molar-refractivity contribution in [3.05, 3.63) is 22.3 Å². The van der Waals surface area contributed by atoms with Crippen molar-refractivity contribution in [1.29, 1.82) is 0 Å². The number of rotatable bonds is 7. The first-order chi connectivity index (χ1) is 16.5. The molecule has 2 aliphatic rings. The van der Waals surface area contributed by atoms with Gasteiger partial charge in [-0.05, 0) is 20.8 Å². The normalized spacial score (nSPS) is 19.8. The van der Waals surface area contributed by atoms with E-state index in [1.807, 2.05) is 0 Å². The van der Waals surface area contributed by atoms with E-state index in [9.17, 15) is 19.2 Å². The van der Waals surface area contributed by atoms with Crippen LogP contribution in [0.2, 0.25) is 0 Å². The van der Waals surface area contributed by atoms with E-state index in [0.717, 1.165) is 16.2 Å². The Bertz CT molecular complexity index is 1160. The summed E-state index contributed by atoms with van der Waals surface area (Å²) in [5, 5.41) is 7.42. The van der Waals surface area contributed by atoms with E-state index in [1.54, 1.807) is 20.8 Å². The monoisotopic (exact) mass is 521 g/mol. The van der Waals surface area contributed by atoms with Crippen LogP contribution in [-0.2, 0) is 33.5 Å². The number of esters is 2. The van der Waals surface area contributed by atoms with Crippen LogP contribution in [0.25, 0.3) is 0 Å².